The first-order valence-electron chi connectivity index (χ1n) is 4.81. The first-order valence-corrected chi connectivity index (χ1v) is 6.45. The second-order valence-electron chi connectivity index (χ2n) is 3.80. The Morgan fingerprint density at radius 2 is 1.73 bits per heavy atom. The third-order valence-corrected chi connectivity index (χ3v) is 2.51. The van der Waals surface area contributed by atoms with Crippen LogP contribution in [-0.4, -0.2) is 53.6 Å². The van der Waals surface area contributed by atoms with Crippen molar-refractivity contribution in [2.45, 2.75) is 0 Å². The van der Waals surface area contributed by atoms with Gasteiger partial charge in [-0.1, -0.05) is 0 Å². The van der Waals surface area contributed by atoms with Crippen LogP contribution < -0.4 is 3.58 Å². The van der Waals surface area contributed by atoms with Crippen LogP contribution in [0.2, 0.25) is 0 Å². The summed E-state index contributed by atoms with van der Waals surface area (Å²) in [6, 6.07) is 10.4. The Morgan fingerprint density at radius 1 is 1.13 bits per heavy atom. The van der Waals surface area contributed by atoms with Crippen LogP contribution in [0, 0.1) is 0 Å². The monoisotopic (exact) mass is 308 g/mol. The molecule has 78 valence electrons. The zero-order valence-corrected chi connectivity index (χ0v) is 12.7. The molecule has 0 bridgehead atoms. The summed E-state index contributed by atoms with van der Waals surface area (Å²) in [5.74, 6) is 0. The van der Waals surface area contributed by atoms with E-state index >= 15 is 0 Å². The molecule has 0 atom stereocenters. The van der Waals surface area contributed by atoms with E-state index in [1.807, 2.05) is 50.4 Å². The van der Waals surface area contributed by atoms with Gasteiger partial charge in [-0.05, 0) is 21.1 Å². The van der Waals surface area contributed by atoms with Gasteiger partial charge < -0.3 is 4.90 Å². The van der Waals surface area contributed by atoms with Crippen molar-refractivity contribution in [1.82, 2.24) is 9.88 Å². The summed E-state index contributed by atoms with van der Waals surface area (Å²) in [4.78, 5) is 6.31. The Balaban J connectivity index is 0.000000245. The van der Waals surface area contributed by atoms with Gasteiger partial charge in [-0.15, -0.1) is 0 Å². The van der Waals surface area contributed by atoms with Crippen LogP contribution in [0.5, 0.6) is 0 Å². The zero-order chi connectivity index (χ0) is 11.3. The summed E-state index contributed by atoms with van der Waals surface area (Å²) >= 11 is 1.14. The summed E-state index contributed by atoms with van der Waals surface area (Å²) in [5, 5.41) is 1.25. The second-order valence-corrected chi connectivity index (χ2v) is 5.71. The van der Waals surface area contributed by atoms with Crippen molar-refractivity contribution < 1.29 is 0 Å². The van der Waals surface area contributed by atoms with Crippen LogP contribution in [0.1, 0.15) is 0 Å². The Bertz CT molecular complexity index is 424. The molecule has 2 aromatic rings. The fourth-order valence-corrected chi connectivity index (χ4v) is 1.81. The van der Waals surface area contributed by atoms with Crippen LogP contribution in [-0.2, 0) is 0 Å². The Kier molecular flexibility index (Phi) is 5.05. The summed E-state index contributed by atoms with van der Waals surface area (Å²) in [6.45, 7) is 0. The molecule has 1 aromatic carbocycles. The number of hydrogen-bond acceptors (Lipinski definition) is 2. The quantitative estimate of drug-likeness (QED) is 0.674. The third kappa shape index (κ3) is 4.62. The molecule has 2 rings (SSSR count). The molecule has 1 heterocycles. The topological polar surface area (TPSA) is 16.1 Å². The Morgan fingerprint density at radius 3 is 2.40 bits per heavy atom. The fraction of sp³-hybridized carbons (Fsp3) is 0.250. The van der Waals surface area contributed by atoms with Crippen molar-refractivity contribution in [1.29, 1.82) is 0 Å². The van der Waals surface area contributed by atoms with E-state index in [1.165, 1.54) is 8.97 Å². The molecule has 0 spiro atoms. The van der Waals surface area contributed by atoms with Crippen molar-refractivity contribution in [2.24, 2.45) is 0 Å². The van der Waals surface area contributed by atoms with E-state index < -0.39 is 0 Å². The number of hydrogen-bond donors (Lipinski definition) is 0. The van der Waals surface area contributed by atoms with E-state index in [1.54, 1.807) is 0 Å². The SMILES string of the molecule is CN(C)C.[SnH][c]1cnc2ccccc2c1. The molecular weight excluding hydrogens is 291 g/mol. The zero-order valence-electron chi connectivity index (χ0n) is 9.44. The van der Waals surface area contributed by atoms with Crippen molar-refractivity contribution in [2.75, 3.05) is 21.1 Å². The third-order valence-electron chi connectivity index (χ3n) is 1.61. The van der Waals surface area contributed by atoms with Crippen LogP contribution in [0.15, 0.2) is 36.5 Å². The van der Waals surface area contributed by atoms with Gasteiger partial charge in [0, 0.05) is 0 Å². The number of aromatic nitrogens is 1. The number of benzene rings is 1. The van der Waals surface area contributed by atoms with Gasteiger partial charge in [0.15, 0.2) is 0 Å². The normalized spacial score (nSPS) is 9.93. The van der Waals surface area contributed by atoms with Gasteiger partial charge in [-0.25, -0.2) is 0 Å². The van der Waals surface area contributed by atoms with E-state index in [2.05, 4.69) is 17.1 Å². The van der Waals surface area contributed by atoms with Gasteiger partial charge in [0.25, 0.3) is 0 Å². The van der Waals surface area contributed by atoms with Crippen LogP contribution in [0.3, 0.4) is 0 Å². The average molecular weight is 307 g/mol. The standard InChI is InChI=1S/C9H6N.C3H9N.Sn.H/c1-2-6-9-8(4-1)5-3-7-10-9;1-4(2)3;;/h1-2,4-7H;1-3H3;;. The predicted octanol–water partition coefficient (Wildman–Crippen LogP) is 0.939. The summed E-state index contributed by atoms with van der Waals surface area (Å²) in [5.41, 5.74) is 1.09. The van der Waals surface area contributed by atoms with Gasteiger partial charge >= 0.3 is 78.5 Å². The molecule has 3 heteroatoms. The first-order chi connectivity index (χ1) is 7.09. The van der Waals surface area contributed by atoms with E-state index in [0.717, 1.165) is 28.0 Å². The molecule has 0 aliphatic heterocycles. The van der Waals surface area contributed by atoms with Crippen molar-refractivity contribution >= 4 is 37.0 Å². The number of pyridine rings is 1. The number of fused-ring (bicyclic) bond motifs is 1. The molecule has 0 unspecified atom stereocenters. The molecule has 0 aliphatic carbocycles. The molecule has 0 fully saturated rings. The van der Waals surface area contributed by atoms with E-state index in [0.29, 0.717) is 0 Å². The van der Waals surface area contributed by atoms with Gasteiger partial charge in [-0.3, -0.25) is 0 Å². The maximum absolute atomic E-state index is 4.31. The van der Waals surface area contributed by atoms with Crippen molar-refractivity contribution in [3.05, 3.63) is 36.5 Å². The molecule has 1 aromatic heterocycles. The molecule has 15 heavy (non-hydrogen) atoms. The van der Waals surface area contributed by atoms with Crippen LogP contribution >= 0.6 is 0 Å². The van der Waals surface area contributed by atoms with E-state index in [4.69, 9.17) is 0 Å². The van der Waals surface area contributed by atoms with E-state index in [-0.39, 0.29) is 0 Å². The molecule has 0 saturated carbocycles. The first kappa shape index (κ1) is 12.5. The molecule has 0 aliphatic rings. The van der Waals surface area contributed by atoms with Crippen molar-refractivity contribution in [3.63, 3.8) is 0 Å². The van der Waals surface area contributed by atoms with Gasteiger partial charge in [-0.2, -0.15) is 0 Å². The number of para-hydroxylation sites is 1. The summed E-state index contributed by atoms with van der Waals surface area (Å²) in [6.07, 6.45) is 1.95. The summed E-state index contributed by atoms with van der Waals surface area (Å²) in [7, 11) is 6.00. The molecule has 0 N–H and O–H groups in total. The van der Waals surface area contributed by atoms with Gasteiger partial charge in [0.05, 0.1) is 0 Å². The molecule has 2 radical (unpaired) electrons. The maximum atomic E-state index is 4.31. The van der Waals surface area contributed by atoms with Gasteiger partial charge in [0.1, 0.15) is 0 Å². The molecule has 0 amide bonds. The minimum absolute atomic E-state index is 1.09. The number of rotatable bonds is 0. The average Bonchev–Trinajstić information content (AvgIpc) is 2.16. The Hall–Kier alpha value is -0.611. The van der Waals surface area contributed by atoms with Crippen molar-refractivity contribution in [3.8, 4) is 0 Å². The fourth-order valence-electron chi connectivity index (χ4n) is 1.09. The molecule has 2 nitrogen and oxygen atoms in total. The van der Waals surface area contributed by atoms with E-state index in [9.17, 15) is 0 Å². The molecular formula is C12H16N2Sn. The second kappa shape index (κ2) is 6.08. The van der Waals surface area contributed by atoms with Crippen LogP contribution in [0.4, 0.5) is 0 Å². The van der Waals surface area contributed by atoms with Crippen LogP contribution in [0.25, 0.3) is 10.9 Å². The predicted molar refractivity (Wildman–Crippen MR) is 68.1 cm³/mol. The number of nitrogens with zero attached hydrogens (tertiary/aromatic N) is 2. The Labute approximate surface area is 104 Å². The molecule has 0 saturated heterocycles. The summed E-state index contributed by atoms with van der Waals surface area (Å²) < 4.78 is 1.34. The van der Waals surface area contributed by atoms with Gasteiger partial charge in [0.2, 0.25) is 0 Å². The minimum atomic E-state index is 1.09.